The van der Waals surface area contributed by atoms with Crippen LogP contribution in [0.25, 0.3) is 0 Å². The van der Waals surface area contributed by atoms with Gasteiger partial charge in [-0.25, -0.2) is 9.18 Å². The van der Waals surface area contributed by atoms with Crippen LogP contribution in [-0.4, -0.2) is 15.6 Å². The topological polar surface area (TPSA) is 101 Å². The van der Waals surface area contributed by atoms with E-state index < -0.39 is 11.7 Å². The molecule has 0 radical (unpaired) electrons. The number of hydrogen-bond acceptors (Lipinski definition) is 5. The van der Waals surface area contributed by atoms with E-state index in [9.17, 15) is 14.0 Å². The van der Waals surface area contributed by atoms with Gasteiger partial charge in [-0.3, -0.25) is 13.9 Å². The molecule has 0 spiro atoms. The van der Waals surface area contributed by atoms with Crippen molar-refractivity contribution in [3.63, 3.8) is 0 Å². The molecule has 0 aliphatic heterocycles. The Morgan fingerprint density at radius 1 is 1.15 bits per heavy atom. The number of nitrogens with one attached hydrogen (secondary N) is 1. The lowest BCUT2D eigenvalue weighted by Crippen LogP contribution is -2.26. The van der Waals surface area contributed by atoms with Crippen molar-refractivity contribution >= 4 is 11.6 Å². The first-order chi connectivity index (χ1) is 13.0. The smallest absolute Gasteiger partial charge is 0.325 e. The zero-order valence-electron chi connectivity index (χ0n) is 14.2. The fourth-order valence-electron chi connectivity index (χ4n) is 2.51. The lowest BCUT2D eigenvalue weighted by molar-refractivity contribution is -0.116. The Morgan fingerprint density at radius 3 is 2.48 bits per heavy atom. The fraction of sp³-hybridized carbons (Fsp3) is 0.158. The second kappa shape index (κ2) is 8.10. The van der Waals surface area contributed by atoms with Crippen molar-refractivity contribution in [2.75, 3.05) is 5.32 Å². The highest BCUT2D eigenvalue weighted by atomic mass is 19.1. The van der Waals surface area contributed by atoms with Crippen LogP contribution in [0, 0.1) is 17.1 Å². The summed E-state index contributed by atoms with van der Waals surface area (Å²) < 4.78 is 18.8. The van der Waals surface area contributed by atoms with Crippen molar-refractivity contribution in [2.24, 2.45) is 0 Å². The highest BCUT2D eigenvalue weighted by Crippen LogP contribution is 2.11. The summed E-state index contributed by atoms with van der Waals surface area (Å²) in [6.45, 7) is -0.265. The maximum absolute atomic E-state index is 13.0. The normalized spacial score (nSPS) is 10.4. The van der Waals surface area contributed by atoms with Gasteiger partial charge in [0.25, 0.3) is 0 Å². The van der Waals surface area contributed by atoms with Crippen LogP contribution in [0.4, 0.5) is 10.1 Å². The Morgan fingerprint density at radius 2 is 1.81 bits per heavy atom. The van der Waals surface area contributed by atoms with Crippen molar-refractivity contribution in [1.29, 1.82) is 5.26 Å². The molecule has 0 aliphatic carbocycles. The Kier molecular flexibility index (Phi) is 5.42. The van der Waals surface area contributed by atoms with Gasteiger partial charge in [0.15, 0.2) is 5.82 Å². The number of aromatic nitrogens is 2. The highest BCUT2D eigenvalue weighted by Gasteiger charge is 2.15. The molecule has 0 bridgehead atoms. The molecule has 2 aromatic carbocycles. The number of halogens is 1. The molecule has 3 aromatic rings. The number of amides is 1. The second-order valence-electron chi connectivity index (χ2n) is 5.83. The molecule has 3 rings (SSSR count). The first kappa shape index (κ1) is 18.1. The average molecular weight is 366 g/mol. The van der Waals surface area contributed by atoms with E-state index in [1.54, 1.807) is 36.4 Å². The van der Waals surface area contributed by atoms with Crippen LogP contribution in [-0.2, 0) is 24.2 Å². The molecule has 27 heavy (non-hydrogen) atoms. The third-order valence-corrected chi connectivity index (χ3v) is 3.86. The summed E-state index contributed by atoms with van der Waals surface area (Å²) in [6, 6.07) is 14.6. The van der Waals surface area contributed by atoms with E-state index in [0.717, 1.165) is 15.7 Å². The molecule has 8 heteroatoms. The Hall–Kier alpha value is -3.73. The first-order valence-electron chi connectivity index (χ1n) is 8.11. The van der Waals surface area contributed by atoms with Crippen LogP contribution in [0.1, 0.15) is 17.0 Å². The number of benzene rings is 2. The van der Waals surface area contributed by atoms with Gasteiger partial charge < -0.3 is 5.32 Å². The summed E-state index contributed by atoms with van der Waals surface area (Å²) >= 11 is 0. The van der Waals surface area contributed by atoms with Gasteiger partial charge in [-0.2, -0.15) is 5.26 Å². The fourth-order valence-corrected chi connectivity index (χ4v) is 2.51. The molecule has 136 valence electrons. The average Bonchev–Trinajstić information content (AvgIpc) is 2.99. The van der Waals surface area contributed by atoms with Crippen molar-refractivity contribution in [2.45, 2.75) is 19.4 Å². The van der Waals surface area contributed by atoms with Gasteiger partial charge in [0.05, 0.1) is 12.5 Å². The molecular weight excluding hydrogens is 351 g/mol. The maximum Gasteiger partial charge on any atom is 0.442 e. The van der Waals surface area contributed by atoms with Gasteiger partial charge in [-0.05, 0) is 35.4 Å². The summed E-state index contributed by atoms with van der Waals surface area (Å²) in [4.78, 5) is 24.1. The minimum absolute atomic E-state index is 0.224. The number of rotatable bonds is 6. The summed E-state index contributed by atoms with van der Waals surface area (Å²) in [5, 5.41) is 15.0. The predicted octanol–water partition coefficient (Wildman–Crippen LogP) is 2.27. The van der Waals surface area contributed by atoms with E-state index in [1.807, 2.05) is 6.07 Å². The SMILES string of the molecule is N#CCc1ccc(NC(=O)Cn2c(Cc3ccc(F)cc3)noc2=O)cc1. The van der Waals surface area contributed by atoms with Crippen LogP contribution in [0.15, 0.2) is 57.8 Å². The van der Waals surface area contributed by atoms with Crippen LogP contribution in [0.2, 0.25) is 0 Å². The van der Waals surface area contributed by atoms with E-state index in [1.165, 1.54) is 12.1 Å². The third-order valence-electron chi connectivity index (χ3n) is 3.86. The number of carbonyl (C=O) groups excluding carboxylic acids is 1. The molecule has 0 atom stereocenters. The van der Waals surface area contributed by atoms with Crippen LogP contribution >= 0.6 is 0 Å². The van der Waals surface area contributed by atoms with Crippen molar-refractivity contribution in [1.82, 2.24) is 9.72 Å². The molecule has 0 unspecified atom stereocenters. The van der Waals surface area contributed by atoms with Gasteiger partial charge in [-0.1, -0.05) is 29.4 Å². The standard InChI is InChI=1S/C19H15FN4O3/c20-15-5-1-14(2-6-15)11-17-23-27-19(26)24(17)12-18(25)22-16-7-3-13(4-8-16)9-10-21/h1-8H,9,11-12H2,(H,22,25). The van der Waals surface area contributed by atoms with E-state index >= 15 is 0 Å². The number of nitriles is 1. The number of nitrogens with zero attached hydrogens (tertiary/aromatic N) is 3. The highest BCUT2D eigenvalue weighted by molar-refractivity contribution is 5.90. The van der Waals surface area contributed by atoms with Crippen molar-refractivity contribution < 1.29 is 13.7 Å². The molecule has 0 aliphatic rings. The quantitative estimate of drug-likeness (QED) is 0.721. The number of carbonyl (C=O) groups is 1. The van der Waals surface area contributed by atoms with E-state index in [0.29, 0.717) is 5.69 Å². The van der Waals surface area contributed by atoms with E-state index in [4.69, 9.17) is 5.26 Å². The van der Waals surface area contributed by atoms with Gasteiger partial charge in [0, 0.05) is 12.1 Å². The monoisotopic (exact) mass is 366 g/mol. The lowest BCUT2D eigenvalue weighted by Gasteiger charge is -2.07. The molecule has 0 saturated heterocycles. The zero-order chi connectivity index (χ0) is 19.2. The van der Waals surface area contributed by atoms with Crippen molar-refractivity contribution in [3.8, 4) is 6.07 Å². The molecule has 1 aromatic heterocycles. The minimum Gasteiger partial charge on any atom is -0.325 e. The van der Waals surface area contributed by atoms with Gasteiger partial charge >= 0.3 is 5.76 Å². The second-order valence-corrected chi connectivity index (χ2v) is 5.83. The lowest BCUT2D eigenvalue weighted by atomic mass is 10.1. The summed E-state index contributed by atoms with van der Waals surface area (Å²) in [5.41, 5.74) is 2.12. The van der Waals surface area contributed by atoms with E-state index in [2.05, 4.69) is 15.0 Å². The third kappa shape index (κ3) is 4.67. The number of anilines is 1. The summed E-state index contributed by atoms with van der Waals surface area (Å²) in [5.74, 6) is -1.26. The van der Waals surface area contributed by atoms with Crippen molar-refractivity contribution in [3.05, 3.63) is 81.9 Å². The molecular formula is C19H15FN4O3. The summed E-state index contributed by atoms with van der Waals surface area (Å²) in [7, 11) is 0. The molecule has 0 saturated carbocycles. The molecule has 0 fully saturated rings. The largest absolute Gasteiger partial charge is 0.442 e. The molecule has 1 amide bonds. The van der Waals surface area contributed by atoms with Crippen LogP contribution in [0.5, 0.6) is 0 Å². The van der Waals surface area contributed by atoms with Gasteiger partial charge in [0.1, 0.15) is 12.4 Å². The van der Waals surface area contributed by atoms with Crippen LogP contribution < -0.4 is 11.1 Å². The first-order valence-corrected chi connectivity index (χ1v) is 8.11. The number of hydrogen-bond donors (Lipinski definition) is 1. The molecule has 1 N–H and O–H groups in total. The predicted molar refractivity (Wildman–Crippen MR) is 94.4 cm³/mol. The zero-order valence-corrected chi connectivity index (χ0v) is 14.2. The van der Waals surface area contributed by atoms with Gasteiger partial charge in [-0.15, -0.1) is 0 Å². The Bertz CT molecular complexity index is 1030. The Labute approximate surface area is 153 Å². The molecule has 1 heterocycles. The maximum atomic E-state index is 13.0. The molecule has 7 nitrogen and oxygen atoms in total. The Balaban J connectivity index is 1.69. The summed E-state index contributed by atoms with van der Waals surface area (Å²) in [6.07, 6.45) is 0.513. The van der Waals surface area contributed by atoms with Gasteiger partial charge in [0.2, 0.25) is 5.91 Å². The minimum atomic E-state index is -0.744. The van der Waals surface area contributed by atoms with Crippen LogP contribution in [0.3, 0.4) is 0 Å². The van der Waals surface area contributed by atoms with E-state index in [-0.39, 0.29) is 31.0 Å².